The Labute approximate surface area is 134 Å². The molecular weight excluding hydrogens is 316 g/mol. The zero-order valence-corrected chi connectivity index (χ0v) is 12.9. The summed E-state index contributed by atoms with van der Waals surface area (Å²) in [4.78, 5) is 10.8. The minimum absolute atomic E-state index is 0.0678. The van der Waals surface area contributed by atoms with Crippen LogP contribution in [0.3, 0.4) is 0 Å². The molecule has 2 aromatic carbocycles. The third-order valence-electron chi connectivity index (χ3n) is 3.18. The molecule has 0 bridgehead atoms. The average Bonchev–Trinajstić information content (AvgIpc) is 2.55. The number of carboxylic acid groups (broad SMARTS) is 1. The van der Waals surface area contributed by atoms with E-state index >= 15 is 0 Å². The summed E-state index contributed by atoms with van der Waals surface area (Å²) < 4.78 is 26.9. The molecule has 0 spiro atoms. The first-order valence-electron chi connectivity index (χ1n) is 6.75. The molecule has 7 heteroatoms. The third kappa shape index (κ3) is 4.16. The summed E-state index contributed by atoms with van der Waals surface area (Å²) in [6.45, 7) is 0.102. The Bertz CT molecular complexity index is 870. The molecule has 0 radical (unpaired) electrons. The van der Waals surface area contributed by atoms with Crippen LogP contribution in [0.5, 0.6) is 0 Å². The zero-order chi connectivity index (χ0) is 16.9. The molecule has 0 aromatic heterocycles. The first kappa shape index (κ1) is 16.7. The Morgan fingerprint density at radius 1 is 1.17 bits per heavy atom. The van der Waals surface area contributed by atoms with E-state index in [4.69, 9.17) is 10.4 Å². The number of nitriles is 1. The number of sulfonamides is 1. The van der Waals surface area contributed by atoms with Gasteiger partial charge in [-0.15, -0.1) is 0 Å². The quantitative estimate of drug-likeness (QED) is 0.839. The van der Waals surface area contributed by atoms with Gasteiger partial charge in [0.25, 0.3) is 0 Å². The fourth-order valence-corrected chi connectivity index (χ4v) is 3.25. The van der Waals surface area contributed by atoms with E-state index in [9.17, 15) is 13.2 Å². The molecule has 0 aliphatic heterocycles. The van der Waals surface area contributed by atoms with Crippen molar-refractivity contribution in [2.75, 3.05) is 6.54 Å². The van der Waals surface area contributed by atoms with Gasteiger partial charge in [-0.3, -0.25) is 0 Å². The van der Waals surface area contributed by atoms with Crippen LogP contribution in [0.1, 0.15) is 21.5 Å². The van der Waals surface area contributed by atoms with E-state index < -0.39 is 16.0 Å². The van der Waals surface area contributed by atoms with Crippen LogP contribution in [0, 0.1) is 11.3 Å². The van der Waals surface area contributed by atoms with Crippen molar-refractivity contribution in [3.63, 3.8) is 0 Å². The molecule has 23 heavy (non-hydrogen) atoms. The molecule has 0 fully saturated rings. The predicted molar refractivity (Wildman–Crippen MR) is 83.5 cm³/mol. The second-order valence-electron chi connectivity index (χ2n) is 4.76. The summed E-state index contributed by atoms with van der Waals surface area (Å²) in [6.07, 6.45) is 0.342. The van der Waals surface area contributed by atoms with E-state index in [0.29, 0.717) is 12.0 Å². The van der Waals surface area contributed by atoms with Crippen LogP contribution in [-0.2, 0) is 16.4 Å². The van der Waals surface area contributed by atoms with E-state index in [2.05, 4.69) is 4.72 Å². The molecule has 2 N–H and O–H groups in total. The van der Waals surface area contributed by atoms with Crippen molar-refractivity contribution in [3.05, 3.63) is 65.2 Å². The van der Waals surface area contributed by atoms with Gasteiger partial charge in [-0.1, -0.05) is 24.3 Å². The first-order chi connectivity index (χ1) is 10.9. The maximum Gasteiger partial charge on any atom is 0.335 e. The Morgan fingerprint density at radius 3 is 2.61 bits per heavy atom. The average molecular weight is 330 g/mol. The molecule has 0 aliphatic rings. The lowest BCUT2D eigenvalue weighted by Crippen LogP contribution is -2.26. The Morgan fingerprint density at radius 2 is 1.91 bits per heavy atom. The van der Waals surface area contributed by atoms with Crippen LogP contribution in [0.25, 0.3) is 0 Å². The highest BCUT2D eigenvalue weighted by molar-refractivity contribution is 7.89. The summed E-state index contributed by atoms with van der Waals surface area (Å²) in [5.41, 5.74) is 0.939. The number of hydrogen-bond donors (Lipinski definition) is 2. The summed E-state index contributed by atoms with van der Waals surface area (Å²) in [5, 5.41) is 17.9. The second-order valence-corrected chi connectivity index (χ2v) is 6.50. The Kier molecular flexibility index (Phi) is 5.11. The SMILES string of the molecule is N#Cc1ccccc1S(=O)(=O)NCCc1cccc(C(=O)O)c1. The Balaban J connectivity index is 2.07. The van der Waals surface area contributed by atoms with Crippen molar-refractivity contribution < 1.29 is 18.3 Å². The summed E-state index contributed by atoms with van der Waals surface area (Å²) >= 11 is 0. The van der Waals surface area contributed by atoms with Gasteiger partial charge in [0, 0.05) is 6.54 Å². The Hall–Kier alpha value is -2.69. The topological polar surface area (TPSA) is 107 Å². The largest absolute Gasteiger partial charge is 0.478 e. The molecule has 0 aliphatic carbocycles. The van der Waals surface area contributed by atoms with Crippen LogP contribution in [0.15, 0.2) is 53.4 Å². The molecule has 0 saturated heterocycles. The van der Waals surface area contributed by atoms with E-state index in [1.165, 1.54) is 24.3 Å². The van der Waals surface area contributed by atoms with Crippen molar-refractivity contribution in [1.29, 1.82) is 5.26 Å². The molecule has 6 nitrogen and oxygen atoms in total. The molecule has 0 saturated carbocycles. The van der Waals surface area contributed by atoms with Gasteiger partial charge in [0.1, 0.15) is 6.07 Å². The van der Waals surface area contributed by atoms with Gasteiger partial charge in [-0.05, 0) is 36.2 Å². The number of carbonyl (C=O) groups is 1. The second kappa shape index (κ2) is 7.05. The highest BCUT2D eigenvalue weighted by Gasteiger charge is 2.17. The van der Waals surface area contributed by atoms with Crippen molar-refractivity contribution in [2.45, 2.75) is 11.3 Å². The summed E-state index contributed by atoms with van der Waals surface area (Å²) in [5.74, 6) is -1.03. The number of aromatic carboxylic acids is 1. The normalized spacial score (nSPS) is 10.9. The van der Waals surface area contributed by atoms with Crippen LogP contribution >= 0.6 is 0 Å². The number of rotatable bonds is 6. The van der Waals surface area contributed by atoms with Gasteiger partial charge < -0.3 is 5.11 Å². The minimum atomic E-state index is -3.79. The molecule has 2 rings (SSSR count). The fourth-order valence-electron chi connectivity index (χ4n) is 2.06. The number of carboxylic acids is 1. The highest BCUT2D eigenvalue weighted by atomic mass is 32.2. The van der Waals surface area contributed by atoms with Gasteiger partial charge in [-0.2, -0.15) is 5.26 Å². The van der Waals surface area contributed by atoms with Crippen LogP contribution in [0.2, 0.25) is 0 Å². The van der Waals surface area contributed by atoms with Crippen LogP contribution in [-0.4, -0.2) is 26.0 Å². The third-order valence-corrected chi connectivity index (χ3v) is 4.70. The minimum Gasteiger partial charge on any atom is -0.478 e. The molecule has 0 unspecified atom stereocenters. The zero-order valence-electron chi connectivity index (χ0n) is 12.1. The van der Waals surface area contributed by atoms with E-state index in [0.717, 1.165) is 0 Å². The first-order valence-corrected chi connectivity index (χ1v) is 8.23. The van der Waals surface area contributed by atoms with Crippen molar-refractivity contribution in [1.82, 2.24) is 4.72 Å². The molecule has 118 valence electrons. The fraction of sp³-hybridized carbons (Fsp3) is 0.125. The lowest BCUT2D eigenvalue weighted by atomic mass is 10.1. The van der Waals surface area contributed by atoms with Crippen LogP contribution in [0.4, 0.5) is 0 Å². The van der Waals surface area contributed by atoms with Crippen LogP contribution < -0.4 is 4.72 Å². The summed E-state index contributed by atoms with van der Waals surface area (Å²) in [7, 11) is -3.79. The van der Waals surface area contributed by atoms with Gasteiger partial charge in [0.05, 0.1) is 16.0 Å². The van der Waals surface area contributed by atoms with Gasteiger partial charge in [-0.25, -0.2) is 17.9 Å². The standard InChI is InChI=1S/C16H14N2O4S/c17-11-14-5-1-2-7-15(14)23(21,22)18-9-8-12-4-3-6-13(10-12)16(19)20/h1-7,10,18H,8-9H2,(H,19,20). The van der Waals surface area contributed by atoms with Gasteiger partial charge >= 0.3 is 5.97 Å². The predicted octanol–water partition coefficient (Wildman–Crippen LogP) is 1.78. The van der Waals surface area contributed by atoms with Crippen molar-refractivity contribution in [3.8, 4) is 6.07 Å². The van der Waals surface area contributed by atoms with Gasteiger partial charge in [0.2, 0.25) is 10.0 Å². The molecule has 0 amide bonds. The number of benzene rings is 2. The molecular formula is C16H14N2O4S. The van der Waals surface area contributed by atoms with Crippen molar-refractivity contribution >= 4 is 16.0 Å². The monoisotopic (exact) mass is 330 g/mol. The number of hydrogen-bond acceptors (Lipinski definition) is 4. The van der Waals surface area contributed by atoms with Gasteiger partial charge in [0.15, 0.2) is 0 Å². The highest BCUT2D eigenvalue weighted by Crippen LogP contribution is 2.14. The maximum absolute atomic E-state index is 12.2. The van der Waals surface area contributed by atoms with E-state index in [-0.39, 0.29) is 22.6 Å². The molecule has 0 heterocycles. The van der Waals surface area contributed by atoms with E-state index in [1.807, 2.05) is 6.07 Å². The molecule has 0 atom stereocenters. The lowest BCUT2D eigenvalue weighted by Gasteiger charge is -2.08. The van der Waals surface area contributed by atoms with Crippen molar-refractivity contribution in [2.24, 2.45) is 0 Å². The summed E-state index contributed by atoms with van der Waals surface area (Å²) in [6, 6.07) is 14.1. The maximum atomic E-state index is 12.2. The van der Waals surface area contributed by atoms with E-state index in [1.54, 1.807) is 24.3 Å². The number of nitrogens with one attached hydrogen (secondary N) is 1. The number of nitrogens with zero attached hydrogens (tertiary/aromatic N) is 1. The smallest absolute Gasteiger partial charge is 0.335 e. The lowest BCUT2D eigenvalue weighted by molar-refractivity contribution is 0.0696. The molecule has 2 aromatic rings.